The monoisotopic (exact) mass is 464 g/mol. The minimum Gasteiger partial charge on any atom is -0.462 e. The zero-order chi connectivity index (χ0) is 24.3. The van der Waals surface area contributed by atoms with E-state index in [1.54, 1.807) is 48.6 Å². The third-order valence-corrected chi connectivity index (χ3v) is 5.69. The van der Waals surface area contributed by atoms with Crippen LogP contribution in [0.4, 0.5) is 11.4 Å². The summed E-state index contributed by atoms with van der Waals surface area (Å²) in [6.07, 6.45) is 8.70. The molecule has 3 rings (SSSR count). The highest BCUT2D eigenvalue weighted by atomic mass is 16.5. The lowest BCUT2D eigenvalue weighted by Gasteiger charge is -2.28. The molecule has 34 heavy (non-hydrogen) atoms. The normalized spacial score (nSPS) is 17.9. The van der Waals surface area contributed by atoms with E-state index in [0.717, 1.165) is 36.8 Å². The Balaban J connectivity index is 1.40. The van der Waals surface area contributed by atoms with Gasteiger partial charge in [-0.05, 0) is 67.2 Å². The Morgan fingerprint density at radius 3 is 2.38 bits per heavy atom. The number of anilines is 2. The van der Waals surface area contributed by atoms with Crippen LogP contribution in [0.2, 0.25) is 0 Å². The van der Waals surface area contributed by atoms with E-state index < -0.39 is 5.97 Å². The fourth-order valence-electron chi connectivity index (χ4n) is 3.79. The summed E-state index contributed by atoms with van der Waals surface area (Å²) in [7, 11) is 0. The molecule has 0 aromatic heterocycles. The first-order valence-electron chi connectivity index (χ1n) is 11.5. The van der Waals surface area contributed by atoms with Gasteiger partial charge in [-0.25, -0.2) is 9.59 Å². The molecular weight excluding hydrogens is 432 g/mol. The van der Waals surface area contributed by atoms with Gasteiger partial charge in [-0.3, -0.25) is 0 Å². The maximum Gasteiger partial charge on any atom is 0.338 e. The summed E-state index contributed by atoms with van der Waals surface area (Å²) in [6, 6.07) is 12.2. The molecule has 0 amide bonds. The molecular formula is C27H32N2O5. The zero-order valence-electron chi connectivity index (χ0n) is 19.3. The topological polar surface area (TPSA) is 114 Å². The number of hydrogen-bond donors (Lipinski definition) is 2. The van der Waals surface area contributed by atoms with E-state index in [2.05, 4.69) is 6.58 Å². The second-order valence-electron chi connectivity index (χ2n) is 8.26. The Hall–Kier alpha value is -3.58. The number of nitrogen functional groups attached to an aromatic ring is 2. The molecule has 0 saturated heterocycles. The zero-order valence-corrected chi connectivity index (χ0v) is 19.3. The molecule has 0 bridgehead atoms. The van der Waals surface area contributed by atoms with E-state index in [4.69, 9.17) is 25.7 Å². The lowest BCUT2D eigenvalue weighted by Crippen LogP contribution is -2.28. The standard InChI is InChI=1S/C27H32N2O5/c1-2-16-32-23-10-12-24(13-11-23)34-27(31)21-6-3-19(4-7-21)5-14-26(30)33-17-15-20-8-9-22(28)18-25(20)29/h2-9,14,18,23-24H,1,10-13,15-17,28-29H2. The Bertz CT molecular complexity index is 1010. The van der Waals surface area contributed by atoms with Crippen molar-refractivity contribution >= 4 is 29.4 Å². The van der Waals surface area contributed by atoms with E-state index >= 15 is 0 Å². The van der Waals surface area contributed by atoms with Gasteiger partial charge in [0.05, 0.1) is 24.9 Å². The highest BCUT2D eigenvalue weighted by Crippen LogP contribution is 2.24. The van der Waals surface area contributed by atoms with Gasteiger partial charge in [0.25, 0.3) is 0 Å². The molecule has 2 aromatic rings. The number of esters is 2. The summed E-state index contributed by atoms with van der Waals surface area (Å²) in [5, 5.41) is 0. The first kappa shape index (κ1) is 25.1. The molecule has 0 spiro atoms. The van der Waals surface area contributed by atoms with Crippen LogP contribution in [0.15, 0.2) is 61.2 Å². The number of hydrogen-bond acceptors (Lipinski definition) is 7. The molecule has 0 heterocycles. The molecule has 180 valence electrons. The van der Waals surface area contributed by atoms with Crippen molar-refractivity contribution in [2.24, 2.45) is 0 Å². The van der Waals surface area contributed by atoms with Crippen LogP contribution in [0.1, 0.15) is 47.2 Å². The number of carbonyl (C=O) groups is 2. The van der Waals surface area contributed by atoms with Gasteiger partial charge >= 0.3 is 11.9 Å². The van der Waals surface area contributed by atoms with E-state index in [9.17, 15) is 9.59 Å². The maximum atomic E-state index is 12.4. The fourth-order valence-corrected chi connectivity index (χ4v) is 3.79. The van der Waals surface area contributed by atoms with Crippen LogP contribution in [0, 0.1) is 0 Å². The smallest absolute Gasteiger partial charge is 0.338 e. The van der Waals surface area contributed by atoms with Gasteiger partial charge in [0.15, 0.2) is 0 Å². The fraction of sp³-hybridized carbons (Fsp3) is 0.333. The molecule has 0 aliphatic heterocycles. The van der Waals surface area contributed by atoms with Crippen molar-refractivity contribution in [3.05, 3.63) is 77.9 Å². The molecule has 7 nitrogen and oxygen atoms in total. The first-order chi connectivity index (χ1) is 16.4. The Morgan fingerprint density at radius 2 is 1.71 bits per heavy atom. The van der Waals surface area contributed by atoms with E-state index in [0.29, 0.717) is 30.0 Å². The molecule has 2 aromatic carbocycles. The van der Waals surface area contributed by atoms with Gasteiger partial charge < -0.3 is 25.7 Å². The number of carbonyl (C=O) groups excluding carboxylic acids is 2. The van der Waals surface area contributed by atoms with Crippen LogP contribution in [0.3, 0.4) is 0 Å². The molecule has 1 fully saturated rings. The second-order valence-corrected chi connectivity index (χ2v) is 8.26. The number of nitrogens with two attached hydrogens (primary N) is 2. The summed E-state index contributed by atoms with van der Waals surface area (Å²) >= 11 is 0. The molecule has 4 N–H and O–H groups in total. The van der Waals surface area contributed by atoms with Gasteiger partial charge in [-0.1, -0.05) is 24.3 Å². The number of rotatable bonds is 10. The minimum atomic E-state index is -0.454. The predicted molar refractivity (Wildman–Crippen MR) is 133 cm³/mol. The predicted octanol–water partition coefficient (Wildman–Crippen LogP) is 4.32. The van der Waals surface area contributed by atoms with Crippen molar-refractivity contribution < 1.29 is 23.8 Å². The highest BCUT2D eigenvalue weighted by molar-refractivity contribution is 5.90. The summed E-state index contributed by atoms with van der Waals surface area (Å²) < 4.78 is 16.5. The van der Waals surface area contributed by atoms with E-state index in [1.165, 1.54) is 6.08 Å². The van der Waals surface area contributed by atoms with Gasteiger partial charge in [0, 0.05) is 23.9 Å². The number of ether oxygens (including phenoxy) is 3. The maximum absolute atomic E-state index is 12.4. The molecule has 0 unspecified atom stereocenters. The molecule has 1 saturated carbocycles. The van der Waals surface area contributed by atoms with Crippen molar-refractivity contribution in [1.29, 1.82) is 0 Å². The lowest BCUT2D eigenvalue weighted by molar-refractivity contribution is -0.137. The van der Waals surface area contributed by atoms with Gasteiger partial charge in [0.2, 0.25) is 0 Å². The highest BCUT2D eigenvalue weighted by Gasteiger charge is 2.24. The van der Waals surface area contributed by atoms with Crippen LogP contribution >= 0.6 is 0 Å². The minimum absolute atomic E-state index is 0.0889. The Labute approximate surface area is 200 Å². The molecule has 1 aliphatic carbocycles. The first-order valence-corrected chi connectivity index (χ1v) is 11.5. The molecule has 0 radical (unpaired) electrons. The van der Waals surface area contributed by atoms with Crippen molar-refractivity contribution in [3.8, 4) is 0 Å². The van der Waals surface area contributed by atoms with Crippen LogP contribution in [0.25, 0.3) is 6.08 Å². The summed E-state index contributed by atoms with van der Waals surface area (Å²) in [5.41, 5.74) is 14.9. The van der Waals surface area contributed by atoms with Crippen LogP contribution in [-0.2, 0) is 25.4 Å². The van der Waals surface area contributed by atoms with Crippen LogP contribution in [0.5, 0.6) is 0 Å². The van der Waals surface area contributed by atoms with Gasteiger partial charge in [-0.2, -0.15) is 0 Å². The third kappa shape index (κ3) is 7.78. The summed E-state index contributed by atoms with van der Waals surface area (Å²) in [6.45, 7) is 4.42. The van der Waals surface area contributed by atoms with Crippen molar-refractivity contribution in [2.45, 2.75) is 44.3 Å². The summed E-state index contributed by atoms with van der Waals surface area (Å²) in [5.74, 6) is -0.794. The van der Waals surface area contributed by atoms with E-state index in [1.807, 2.05) is 6.07 Å². The van der Waals surface area contributed by atoms with Crippen LogP contribution < -0.4 is 11.5 Å². The summed E-state index contributed by atoms with van der Waals surface area (Å²) in [4.78, 5) is 24.4. The van der Waals surface area contributed by atoms with Crippen molar-refractivity contribution in [1.82, 2.24) is 0 Å². The quantitative estimate of drug-likeness (QED) is 0.233. The van der Waals surface area contributed by atoms with Crippen molar-refractivity contribution in [2.75, 3.05) is 24.7 Å². The SMILES string of the molecule is C=CCOC1CCC(OC(=O)c2ccc(C=CC(=O)OCCc3ccc(N)cc3N)cc2)CC1. The Kier molecular flexibility index (Phi) is 9.29. The van der Waals surface area contributed by atoms with E-state index in [-0.39, 0.29) is 24.8 Å². The molecule has 0 atom stereocenters. The van der Waals surface area contributed by atoms with Crippen LogP contribution in [-0.4, -0.2) is 37.4 Å². The average Bonchev–Trinajstić information content (AvgIpc) is 2.84. The number of benzene rings is 2. The Morgan fingerprint density at radius 1 is 1.00 bits per heavy atom. The molecule has 7 heteroatoms. The molecule has 1 aliphatic rings. The largest absolute Gasteiger partial charge is 0.462 e. The van der Waals surface area contributed by atoms with Gasteiger partial charge in [0.1, 0.15) is 6.10 Å². The lowest BCUT2D eigenvalue weighted by atomic mass is 9.95. The third-order valence-electron chi connectivity index (χ3n) is 5.69. The second kappa shape index (κ2) is 12.6. The van der Waals surface area contributed by atoms with Gasteiger partial charge in [-0.15, -0.1) is 6.58 Å². The average molecular weight is 465 g/mol. The van der Waals surface area contributed by atoms with Crippen molar-refractivity contribution in [3.63, 3.8) is 0 Å².